The molecule has 2 aromatic rings. The molecule has 0 bridgehead atoms. The van der Waals surface area contributed by atoms with Crippen LogP contribution in [0.5, 0.6) is 0 Å². The van der Waals surface area contributed by atoms with Crippen LogP contribution < -0.4 is 10.2 Å². The minimum Gasteiger partial charge on any atom is -0.382 e. The molecule has 0 saturated carbocycles. The van der Waals surface area contributed by atoms with E-state index in [9.17, 15) is 4.39 Å². The van der Waals surface area contributed by atoms with Crippen molar-refractivity contribution in [1.82, 2.24) is 0 Å². The van der Waals surface area contributed by atoms with E-state index in [0.717, 1.165) is 31.6 Å². The lowest BCUT2D eigenvalue weighted by Gasteiger charge is -2.34. The van der Waals surface area contributed by atoms with Crippen molar-refractivity contribution in [1.29, 1.82) is 0 Å². The Morgan fingerprint density at radius 1 is 1.05 bits per heavy atom. The third kappa shape index (κ3) is 3.56. The SMILES string of the molecule is Fc1cc(NC2CCN(c3ccccc3)CC2)ccc1Br. The van der Waals surface area contributed by atoms with E-state index in [2.05, 4.69) is 50.4 Å². The first kappa shape index (κ1) is 14.4. The van der Waals surface area contributed by atoms with Crippen LogP contribution in [0.1, 0.15) is 12.8 Å². The van der Waals surface area contributed by atoms with Crippen molar-refractivity contribution in [2.24, 2.45) is 0 Å². The van der Waals surface area contributed by atoms with Crippen LogP contribution in [0.3, 0.4) is 0 Å². The van der Waals surface area contributed by atoms with Gasteiger partial charge < -0.3 is 10.2 Å². The third-order valence-corrected chi connectivity index (χ3v) is 4.55. The third-order valence-electron chi connectivity index (χ3n) is 3.91. The van der Waals surface area contributed by atoms with Gasteiger partial charge in [0.15, 0.2) is 0 Å². The highest BCUT2D eigenvalue weighted by atomic mass is 79.9. The lowest BCUT2D eigenvalue weighted by molar-refractivity contribution is 0.526. The summed E-state index contributed by atoms with van der Waals surface area (Å²) < 4.78 is 14.0. The summed E-state index contributed by atoms with van der Waals surface area (Å²) >= 11 is 3.18. The predicted octanol–water partition coefficient (Wildman–Crippen LogP) is 4.67. The van der Waals surface area contributed by atoms with Gasteiger partial charge in [-0.1, -0.05) is 18.2 Å². The molecule has 2 aromatic carbocycles. The Labute approximate surface area is 133 Å². The minimum atomic E-state index is -0.221. The first-order chi connectivity index (χ1) is 10.2. The zero-order chi connectivity index (χ0) is 14.7. The Morgan fingerprint density at radius 3 is 2.43 bits per heavy atom. The van der Waals surface area contributed by atoms with Crippen LogP contribution in [0.4, 0.5) is 15.8 Å². The van der Waals surface area contributed by atoms with Crippen molar-refractivity contribution in [2.75, 3.05) is 23.3 Å². The summed E-state index contributed by atoms with van der Waals surface area (Å²) in [5.74, 6) is -0.221. The number of rotatable bonds is 3. The number of para-hydroxylation sites is 1. The van der Waals surface area contributed by atoms with Gasteiger partial charge in [0.2, 0.25) is 0 Å². The number of nitrogens with one attached hydrogen (secondary N) is 1. The van der Waals surface area contributed by atoms with Crippen molar-refractivity contribution in [2.45, 2.75) is 18.9 Å². The summed E-state index contributed by atoms with van der Waals surface area (Å²) in [5.41, 5.74) is 2.14. The van der Waals surface area contributed by atoms with E-state index in [0.29, 0.717) is 10.5 Å². The molecular weight excluding hydrogens is 331 g/mol. The zero-order valence-corrected chi connectivity index (χ0v) is 13.3. The summed E-state index contributed by atoms with van der Waals surface area (Å²) in [6, 6.07) is 16.1. The number of anilines is 2. The van der Waals surface area contributed by atoms with Crippen LogP contribution in [0.15, 0.2) is 53.0 Å². The molecule has 0 aromatic heterocycles. The molecule has 1 fully saturated rings. The normalized spacial score (nSPS) is 16.0. The lowest BCUT2D eigenvalue weighted by atomic mass is 10.0. The maximum Gasteiger partial charge on any atom is 0.139 e. The largest absolute Gasteiger partial charge is 0.382 e. The van der Waals surface area contributed by atoms with Gasteiger partial charge in [-0.3, -0.25) is 0 Å². The van der Waals surface area contributed by atoms with Crippen LogP contribution in [-0.4, -0.2) is 19.1 Å². The molecule has 110 valence electrons. The quantitative estimate of drug-likeness (QED) is 0.866. The molecule has 4 heteroatoms. The van der Waals surface area contributed by atoms with E-state index in [1.807, 2.05) is 12.1 Å². The number of benzene rings is 2. The van der Waals surface area contributed by atoms with Gasteiger partial charge in [0.25, 0.3) is 0 Å². The number of halogens is 2. The molecule has 0 amide bonds. The number of hydrogen-bond donors (Lipinski definition) is 1. The molecule has 3 rings (SSSR count). The fourth-order valence-electron chi connectivity index (χ4n) is 2.74. The second-order valence-corrected chi connectivity index (χ2v) is 6.22. The van der Waals surface area contributed by atoms with Crippen LogP contribution in [-0.2, 0) is 0 Å². The van der Waals surface area contributed by atoms with Crippen molar-refractivity contribution >= 4 is 27.3 Å². The maximum absolute atomic E-state index is 13.5. The van der Waals surface area contributed by atoms with E-state index >= 15 is 0 Å². The highest BCUT2D eigenvalue weighted by Crippen LogP contribution is 2.24. The first-order valence-corrected chi connectivity index (χ1v) is 8.03. The number of piperidine rings is 1. The van der Waals surface area contributed by atoms with Gasteiger partial charge in [0, 0.05) is 30.5 Å². The maximum atomic E-state index is 13.5. The Bertz CT molecular complexity index is 595. The van der Waals surface area contributed by atoms with Gasteiger partial charge in [0.1, 0.15) is 5.82 Å². The van der Waals surface area contributed by atoms with E-state index in [1.54, 1.807) is 12.1 Å². The molecule has 1 saturated heterocycles. The number of hydrogen-bond acceptors (Lipinski definition) is 2. The fourth-order valence-corrected chi connectivity index (χ4v) is 2.99. The van der Waals surface area contributed by atoms with Crippen molar-refractivity contribution in [3.8, 4) is 0 Å². The van der Waals surface area contributed by atoms with Crippen LogP contribution in [0.2, 0.25) is 0 Å². The molecule has 1 N–H and O–H groups in total. The fraction of sp³-hybridized carbons (Fsp3) is 0.294. The molecule has 1 heterocycles. The van der Waals surface area contributed by atoms with E-state index in [4.69, 9.17) is 0 Å². The Kier molecular flexibility index (Phi) is 4.44. The van der Waals surface area contributed by atoms with E-state index in [-0.39, 0.29) is 5.82 Å². The number of nitrogens with zero attached hydrogens (tertiary/aromatic N) is 1. The Hall–Kier alpha value is -1.55. The summed E-state index contributed by atoms with van der Waals surface area (Å²) in [4.78, 5) is 2.40. The molecule has 0 unspecified atom stereocenters. The van der Waals surface area contributed by atoms with Crippen LogP contribution in [0, 0.1) is 5.82 Å². The first-order valence-electron chi connectivity index (χ1n) is 7.24. The second kappa shape index (κ2) is 6.48. The van der Waals surface area contributed by atoms with Gasteiger partial charge >= 0.3 is 0 Å². The molecule has 2 nitrogen and oxygen atoms in total. The molecule has 0 radical (unpaired) electrons. The molecule has 21 heavy (non-hydrogen) atoms. The predicted molar refractivity (Wildman–Crippen MR) is 89.4 cm³/mol. The zero-order valence-electron chi connectivity index (χ0n) is 11.7. The molecule has 1 aliphatic heterocycles. The topological polar surface area (TPSA) is 15.3 Å². The minimum absolute atomic E-state index is 0.221. The average Bonchev–Trinajstić information content (AvgIpc) is 2.53. The van der Waals surface area contributed by atoms with Crippen molar-refractivity contribution < 1.29 is 4.39 Å². The molecule has 0 spiro atoms. The lowest BCUT2D eigenvalue weighted by Crippen LogP contribution is -2.39. The average molecular weight is 349 g/mol. The van der Waals surface area contributed by atoms with Crippen molar-refractivity contribution in [3.63, 3.8) is 0 Å². The smallest absolute Gasteiger partial charge is 0.139 e. The van der Waals surface area contributed by atoms with Gasteiger partial charge in [-0.05, 0) is 59.1 Å². The van der Waals surface area contributed by atoms with Crippen molar-refractivity contribution in [3.05, 3.63) is 58.8 Å². The summed E-state index contributed by atoms with van der Waals surface area (Å²) in [6.45, 7) is 2.06. The summed E-state index contributed by atoms with van der Waals surface area (Å²) in [7, 11) is 0. The van der Waals surface area contributed by atoms with Gasteiger partial charge in [-0.2, -0.15) is 0 Å². The summed E-state index contributed by atoms with van der Waals surface area (Å²) in [5, 5.41) is 3.43. The molecule has 0 aliphatic carbocycles. The van der Waals surface area contributed by atoms with E-state index in [1.165, 1.54) is 5.69 Å². The summed E-state index contributed by atoms with van der Waals surface area (Å²) in [6.07, 6.45) is 2.12. The van der Waals surface area contributed by atoms with Gasteiger partial charge in [0.05, 0.1) is 4.47 Å². The van der Waals surface area contributed by atoms with Gasteiger partial charge in [-0.15, -0.1) is 0 Å². The highest BCUT2D eigenvalue weighted by Gasteiger charge is 2.19. The monoisotopic (exact) mass is 348 g/mol. The highest BCUT2D eigenvalue weighted by molar-refractivity contribution is 9.10. The molecule has 1 aliphatic rings. The second-order valence-electron chi connectivity index (χ2n) is 5.37. The molecule has 0 atom stereocenters. The van der Waals surface area contributed by atoms with Crippen LogP contribution in [0.25, 0.3) is 0 Å². The molecular formula is C17H18BrFN2. The van der Waals surface area contributed by atoms with E-state index < -0.39 is 0 Å². The van der Waals surface area contributed by atoms with Gasteiger partial charge in [-0.25, -0.2) is 4.39 Å². The standard InChI is InChI=1S/C17H18BrFN2/c18-16-7-6-14(12-17(16)19)20-13-8-10-21(11-9-13)15-4-2-1-3-5-15/h1-7,12-13,20H,8-11H2. The Balaban J connectivity index is 1.57. The van der Waals surface area contributed by atoms with Crippen LogP contribution >= 0.6 is 15.9 Å². The Morgan fingerprint density at radius 2 is 1.76 bits per heavy atom.